The molecule has 1 rings (SSSR count). The van der Waals surface area contributed by atoms with E-state index < -0.39 is 0 Å². The molecule has 0 aliphatic heterocycles. The van der Waals surface area contributed by atoms with Gasteiger partial charge in [-0.15, -0.1) is 0 Å². The van der Waals surface area contributed by atoms with Crippen molar-refractivity contribution < 1.29 is 9.59 Å². The molecule has 0 unspecified atom stereocenters. The first kappa shape index (κ1) is 16.7. The molecule has 0 heterocycles. The van der Waals surface area contributed by atoms with Crippen molar-refractivity contribution >= 4 is 11.8 Å². The molecule has 5 nitrogen and oxygen atoms in total. The lowest BCUT2D eigenvalue weighted by atomic mass is 10.1. The molecule has 0 aliphatic carbocycles. The van der Waals surface area contributed by atoms with Crippen LogP contribution in [0.15, 0.2) is 24.3 Å². The molecule has 112 valence electrons. The maximum absolute atomic E-state index is 12.3. The summed E-state index contributed by atoms with van der Waals surface area (Å²) in [7, 11) is 1.60. The van der Waals surface area contributed by atoms with E-state index in [1.807, 2.05) is 13.0 Å². The average molecular weight is 287 g/mol. The maximum Gasteiger partial charge on any atom is 0.254 e. The molecule has 0 fully saturated rings. The van der Waals surface area contributed by atoms with E-state index in [4.69, 9.17) is 5.73 Å². The first-order chi connectivity index (χ1) is 10.1. The van der Waals surface area contributed by atoms with Crippen LogP contribution in [-0.2, 0) is 4.79 Å². The molecule has 0 aliphatic rings. The number of nitrogens with two attached hydrogens (primary N) is 1. The van der Waals surface area contributed by atoms with Gasteiger partial charge >= 0.3 is 0 Å². The third-order valence-electron chi connectivity index (χ3n) is 2.74. The van der Waals surface area contributed by atoms with E-state index in [1.54, 1.807) is 25.2 Å². The van der Waals surface area contributed by atoms with Gasteiger partial charge in [0.1, 0.15) is 0 Å². The Bertz CT molecular complexity index is 558. The second-order valence-corrected chi connectivity index (χ2v) is 4.60. The number of amides is 2. The molecule has 0 saturated carbocycles. The minimum Gasteiger partial charge on any atom is -0.355 e. The number of benzene rings is 1. The lowest BCUT2D eigenvalue weighted by Crippen LogP contribution is -2.38. The smallest absolute Gasteiger partial charge is 0.254 e. The van der Waals surface area contributed by atoms with Crippen molar-refractivity contribution in [2.45, 2.75) is 13.3 Å². The Morgan fingerprint density at radius 2 is 2.14 bits per heavy atom. The van der Waals surface area contributed by atoms with Crippen LogP contribution in [-0.4, -0.2) is 43.4 Å². The summed E-state index contributed by atoms with van der Waals surface area (Å²) in [5.41, 5.74) is 6.56. The lowest BCUT2D eigenvalue weighted by Gasteiger charge is -2.16. The maximum atomic E-state index is 12.3. The van der Waals surface area contributed by atoms with Crippen LogP contribution in [0, 0.1) is 11.8 Å². The third-order valence-corrected chi connectivity index (χ3v) is 2.74. The van der Waals surface area contributed by atoms with Crippen molar-refractivity contribution in [2.24, 2.45) is 5.73 Å². The molecular formula is C16H21N3O2. The van der Waals surface area contributed by atoms with Crippen LogP contribution >= 0.6 is 0 Å². The van der Waals surface area contributed by atoms with E-state index in [0.717, 1.165) is 12.0 Å². The van der Waals surface area contributed by atoms with Crippen molar-refractivity contribution in [2.75, 3.05) is 26.7 Å². The van der Waals surface area contributed by atoms with Gasteiger partial charge in [0, 0.05) is 24.7 Å². The quantitative estimate of drug-likeness (QED) is 0.779. The Balaban J connectivity index is 2.71. The van der Waals surface area contributed by atoms with Crippen LogP contribution in [0.25, 0.3) is 0 Å². The number of hydrogen-bond donors (Lipinski definition) is 2. The van der Waals surface area contributed by atoms with E-state index in [2.05, 4.69) is 17.2 Å². The van der Waals surface area contributed by atoms with Crippen LogP contribution in [0.5, 0.6) is 0 Å². The van der Waals surface area contributed by atoms with Gasteiger partial charge in [0.15, 0.2) is 0 Å². The fourth-order valence-corrected chi connectivity index (χ4v) is 1.71. The summed E-state index contributed by atoms with van der Waals surface area (Å²) < 4.78 is 0. The second-order valence-electron chi connectivity index (χ2n) is 4.60. The van der Waals surface area contributed by atoms with E-state index in [9.17, 15) is 9.59 Å². The highest BCUT2D eigenvalue weighted by molar-refractivity contribution is 5.96. The van der Waals surface area contributed by atoms with Gasteiger partial charge < -0.3 is 16.0 Å². The number of carbonyl (C=O) groups is 2. The number of nitrogens with zero attached hydrogens (tertiary/aromatic N) is 1. The summed E-state index contributed by atoms with van der Waals surface area (Å²) in [4.78, 5) is 25.3. The van der Waals surface area contributed by atoms with Gasteiger partial charge in [0.05, 0.1) is 13.1 Å². The van der Waals surface area contributed by atoms with Crippen LogP contribution in [0.2, 0.25) is 0 Å². The molecule has 1 aromatic carbocycles. The van der Waals surface area contributed by atoms with Gasteiger partial charge in [-0.3, -0.25) is 9.59 Å². The Kier molecular flexibility index (Phi) is 6.99. The second kappa shape index (κ2) is 8.77. The normalized spacial score (nSPS) is 9.48. The Labute approximate surface area is 125 Å². The molecule has 0 radical (unpaired) electrons. The molecule has 1 aromatic rings. The van der Waals surface area contributed by atoms with Crippen LogP contribution < -0.4 is 11.1 Å². The number of likely N-dealkylation sites (N-methyl/N-ethyl adjacent to an activating group) is 1. The van der Waals surface area contributed by atoms with E-state index in [1.165, 1.54) is 4.90 Å². The molecule has 0 bridgehead atoms. The SMILES string of the molecule is CCCNC(=O)CN(C)C(=O)c1cccc(C#CCN)c1. The molecule has 0 aromatic heterocycles. The zero-order chi connectivity index (χ0) is 15.7. The van der Waals surface area contributed by atoms with E-state index in [0.29, 0.717) is 12.1 Å². The highest BCUT2D eigenvalue weighted by atomic mass is 16.2. The number of carbonyl (C=O) groups excluding carboxylic acids is 2. The van der Waals surface area contributed by atoms with E-state index in [-0.39, 0.29) is 24.9 Å². The predicted octanol–water partition coefficient (Wildman–Crippen LogP) is 0.595. The van der Waals surface area contributed by atoms with Gasteiger partial charge in [-0.1, -0.05) is 24.8 Å². The highest BCUT2D eigenvalue weighted by Crippen LogP contribution is 2.07. The molecular weight excluding hydrogens is 266 g/mol. The van der Waals surface area contributed by atoms with Crippen LogP contribution in [0.4, 0.5) is 0 Å². The summed E-state index contributed by atoms with van der Waals surface area (Å²) in [6.45, 7) is 2.90. The van der Waals surface area contributed by atoms with Crippen LogP contribution in [0.1, 0.15) is 29.3 Å². The topological polar surface area (TPSA) is 75.4 Å². The van der Waals surface area contributed by atoms with Crippen molar-refractivity contribution in [3.8, 4) is 11.8 Å². The standard InChI is InChI=1S/C16H21N3O2/c1-3-10-18-15(20)12-19(2)16(21)14-8-4-6-13(11-14)7-5-9-17/h4,6,8,11H,3,9-10,12,17H2,1-2H3,(H,18,20). The third kappa shape index (κ3) is 5.67. The minimum absolute atomic E-state index is 0.0392. The Morgan fingerprint density at radius 1 is 1.38 bits per heavy atom. The first-order valence-electron chi connectivity index (χ1n) is 6.89. The summed E-state index contributed by atoms with van der Waals surface area (Å²) in [5.74, 6) is 5.26. The van der Waals surface area contributed by atoms with Crippen molar-refractivity contribution in [3.63, 3.8) is 0 Å². The van der Waals surface area contributed by atoms with Gasteiger partial charge in [-0.05, 0) is 24.6 Å². The number of nitrogens with one attached hydrogen (secondary N) is 1. The minimum atomic E-state index is -0.210. The molecule has 5 heteroatoms. The fourth-order valence-electron chi connectivity index (χ4n) is 1.71. The fraction of sp³-hybridized carbons (Fsp3) is 0.375. The van der Waals surface area contributed by atoms with Crippen molar-refractivity contribution in [3.05, 3.63) is 35.4 Å². The Hall–Kier alpha value is -2.32. The molecule has 0 atom stereocenters. The molecule has 21 heavy (non-hydrogen) atoms. The highest BCUT2D eigenvalue weighted by Gasteiger charge is 2.14. The zero-order valence-corrected chi connectivity index (χ0v) is 12.5. The Morgan fingerprint density at radius 3 is 2.81 bits per heavy atom. The summed E-state index contributed by atoms with van der Waals surface area (Å²) in [6, 6.07) is 6.98. The zero-order valence-electron chi connectivity index (χ0n) is 12.5. The number of rotatable bonds is 5. The monoisotopic (exact) mass is 287 g/mol. The molecule has 3 N–H and O–H groups in total. The van der Waals surface area contributed by atoms with Crippen LogP contribution in [0.3, 0.4) is 0 Å². The largest absolute Gasteiger partial charge is 0.355 e. The van der Waals surface area contributed by atoms with Crippen molar-refractivity contribution in [1.82, 2.24) is 10.2 Å². The van der Waals surface area contributed by atoms with Gasteiger partial charge in [-0.25, -0.2) is 0 Å². The summed E-state index contributed by atoms with van der Waals surface area (Å²) in [6.07, 6.45) is 0.866. The average Bonchev–Trinajstić information content (AvgIpc) is 2.50. The summed E-state index contributed by atoms with van der Waals surface area (Å²) >= 11 is 0. The van der Waals surface area contributed by atoms with Gasteiger partial charge in [0.25, 0.3) is 5.91 Å². The molecule has 0 spiro atoms. The lowest BCUT2D eigenvalue weighted by molar-refractivity contribution is -0.121. The van der Waals surface area contributed by atoms with E-state index >= 15 is 0 Å². The number of hydrogen-bond acceptors (Lipinski definition) is 3. The van der Waals surface area contributed by atoms with Gasteiger partial charge in [0.2, 0.25) is 5.91 Å². The summed E-state index contributed by atoms with van der Waals surface area (Å²) in [5, 5.41) is 2.74. The molecule has 2 amide bonds. The molecule has 0 saturated heterocycles. The van der Waals surface area contributed by atoms with Crippen molar-refractivity contribution in [1.29, 1.82) is 0 Å². The van der Waals surface area contributed by atoms with Gasteiger partial charge in [-0.2, -0.15) is 0 Å². The first-order valence-corrected chi connectivity index (χ1v) is 6.89. The predicted molar refractivity (Wildman–Crippen MR) is 82.6 cm³/mol.